The molecule has 9 nitrogen and oxygen atoms in total. The summed E-state index contributed by atoms with van der Waals surface area (Å²) in [6.07, 6.45) is 0.352. The maximum atomic E-state index is 13.2. The zero-order valence-corrected chi connectivity index (χ0v) is 20.0. The molecule has 2 amide bonds. The van der Waals surface area contributed by atoms with Crippen LogP contribution in [0.25, 0.3) is 0 Å². The van der Waals surface area contributed by atoms with Gasteiger partial charge in [-0.05, 0) is 31.5 Å². The molecule has 2 aromatic carbocycles. The fourth-order valence-electron chi connectivity index (χ4n) is 3.19. The van der Waals surface area contributed by atoms with Gasteiger partial charge in [0, 0.05) is 40.8 Å². The first-order chi connectivity index (χ1) is 15.7. The van der Waals surface area contributed by atoms with E-state index in [9.17, 15) is 19.7 Å². The number of carbonyl (C=O) groups excluding carboxylic acids is 2. The number of nitro groups is 1. The van der Waals surface area contributed by atoms with E-state index in [1.165, 1.54) is 30.2 Å². The molecule has 178 valence electrons. The first-order valence-electron chi connectivity index (χ1n) is 10.2. The third kappa shape index (κ3) is 6.72. The number of rotatable bonds is 11. The first-order valence-corrected chi connectivity index (χ1v) is 10.9. The molecule has 0 saturated heterocycles. The number of ether oxygens (including phenoxy) is 2. The summed E-state index contributed by atoms with van der Waals surface area (Å²) in [6, 6.07) is 8.12. The van der Waals surface area contributed by atoms with E-state index in [1.54, 1.807) is 32.0 Å². The zero-order chi connectivity index (χ0) is 24.5. The number of nitrogens with one attached hydrogen (secondary N) is 1. The van der Waals surface area contributed by atoms with Crippen LogP contribution in [0.5, 0.6) is 11.5 Å². The second-order valence-corrected chi connectivity index (χ2v) is 7.73. The van der Waals surface area contributed by atoms with E-state index < -0.39 is 23.5 Å². The smallest absolute Gasteiger partial charge is 0.311 e. The second kappa shape index (κ2) is 12.3. The molecule has 1 atom stereocenters. The van der Waals surface area contributed by atoms with Crippen molar-refractivity contribution in [2.75, 3.05) is 20.3 Å². The lowest BCUT2D eigenvalue weighted by Crippen LogP contribution is -2.50. The molecule has 0 fully saturated rings. The van der Waals surface area contributed by atoms with Crippen molar-refractivity contribution in [3.63, 3.8) is 0 Å². The Morgan fingerprint density at radius 3 is 2.39 bits per heavy atom. The van der Waals surface area contributed by atoms with Gasteiger partial charge in [0.25, 0.3) is 5.91 Å². The summed E-state index contributed by atoms with van der Waals surface area (Å²) in [5.41, 5.74) is 0.280. The normalized spacial score (nSPS) is 11.4. The van der Waals surface area contributed by atoms with Crippen LogP contribution in [0, 0.1) is 10.1 Å². The number of benzene rings is 2. The average Bonchev–Trinajstić information content (AvgIpc) is 2.79. The number of likely N-dealkylation sites (N-methyl/N-ethyl adjacent to an activating group) is 1. The van der Waals surface area contributed by atoms with Crippen molar-refractivity contribution in [2.45, 2.75) is 32.9 Å². The SMILES string of the molecule is CCNC(=O)C(CC)N(Cc1c(Cl)cccc1Cl)C(=O)COc1ccc([N+](=O)[O-])c(OC)c1. The van der Waals surface area contributed by atoms with Crippen LogP contribution >= 0.6 is 23.2 Å². The van der Waals surface area contributed by atoms with Crippen molar-refractivity contribution in [3.05, 3.63) is 62.1 Å². The van der Waals surface area contributed by atoms with Crippen LogP contribution in [0.3, 0.4) is 0 Å². The maximum Gasteiger partial charge on any atom is 0.311 e. The molecule has 2 aromatic rings. The predicted octanol–water partition coefficient (Wildman–Crippen LogP) is 4.23. The summed E-state index contributed by atoms with van der Waals surface area (Å²) >= 11 is 12.6. The van der Waals surface area contributed by atoms with Gasteiger partial charge < -0.3 is 19.7 Å². The van der Waals surface area contributed by atoms with E-state index in [-0.39, 0.29) is 29.6 Å². The molecule has 0 spiro atoms. The van der Waals surface area contributed by atoms with Gasteiger partial charge in [0.2, 0.25) is 11.7 Å². The summed E-state index contributed by atoms with van der Waals surface area (Å²) in [6.45, 7) is 3.56. The number of nitrogens with zero attached hydrogens (tertiary/aromatic N) is 2. The van der Waals surface area contributed by atoms with Gasteiger partial charge in [0.05, 0.1) is 12.0 Å². The third-order valence-corrected chi connectivity index (χ3v) is 5.55. The third-order valence-electron chi connectivity index (χ3n) is 4.84. The van der Waals surface area contributed by atoms with Crippen molar-refractivity contribution in [3.8, 4) is 11.5 Å². The lowest BCUT2D eigenvalue weighted by molar-refractivity contribution is -0.385. The molecule has 0 radical (unpaired) electrons. The minimum absolute atomic E-state index is 0.0000759. The monoisotopic (exact) mass is 497 g/mol. The fraction of sp³-hybridized carbons (Fsp3) is 0.364. The molecule has 0 aliphatic rings. The highest BCUT2D eigenvalue weighted by Crippen LogP contribution is 2.31. The van der Waals surface area contributed by atoms with Gasteiger partial charge in [-0.15, -0.1) is 0 Å². The van der Waals surface area contributed by atoms with E-state index in [0.717, 1.165) is 0 Å². The number of carbonyl (C=O) groups is 2. The molecule has 0 aliphatic carbocycles. The highest BCUT2D eigenvalue weighted by Gasteiger charge is 2.30. The van der Waals surface area contributed by atoms with Gasteiger partial charge in [0.1, 0.15) is 11.8 Å². The van der Waals surface area contributed by atoms with E-state index >= 15 is 0 Å². The molecule has 0 aromatic heterocycles. The van der Waals surface area contributed by atoms with Gasteiger partial charge in [-0.2, -0.15) is 0 Å². The molecular formula is C22H25Cl2N3O6. The molecule has 1 N–H and O–H groups in total. The summed E-state index contributed by atoms with van der Waals surface area (Å²) in [4.78, 5) is 37.7. The molecule has 0 heterocycles. The largest absolute Gasteiger partial charge is 0.490 e. The van der Waals surface area contributed by atoms with Crippen LogP contribution in [0.15, 0.2) is 36.4 Å². The summed E-state index contributed by atoms with van der Waals surface area (Å²) in [7, 11) is 1.30. The molecule has 33 heavy (non-hydrogen) atoms. The molecule has 0 saturated carbocycles. The number of amides is 2. The van der Waals surface area contributed by atoms with Gasteiger partial charge in [0.15, 0.2) is 6.61 Å². The molecular weight excluding hydrogens is 473 g/mol. The molecule has 0 bridgehead atoms. The van der Waals surface area contributed by atoms with Crippen molar-refractivity contribution >= 4 is 40.7 Å². The highest BCUT2D eigenvalue weighted by molar-refractivity contribution is 6.36. The summed E-state index contributed by atoms with van der Waals surface area (Å²) in [5.74, 6) is -0.596. The summed E-state index contributed by atoms with van der Waals surface area (Å²) in [5, 5.41) is 14.5. The molecule has 2 rings (SSSR count). The highest BCUT2D eigenvalue weighted by atomic mass is 35.5. The Labute approximate surface area is 201 Å². The zero-order valence-electron chi connectivity index (χ0n) is 18.5. The van der Waals surface area contributed by atoms with E-state index in [2.05, 4.69) is 5.32 Å². The minimum atomic E-state index is -0.778. The first kappa shape index (κ1) is 26.2. The molecule has 1 unspecified atom stereocenters. The van der Waals surface area contributed by atoms with Crippen LogP contribution < -0.4 is 14.8 Å². The van der Waals surface area contributed by atoms with Gasteiger partial charge in [-0.1, -0.05) is 36.2 Å². The topological polar surface area (TPSA) is 111 Å². The van der Waals surface area contributed by atoms with E-state index in [4.69, 9.17) is 32.7 Å². The lowest BCUT2D eigenvalue weighted by atomic mass is 10.1. The van der Waals surface area contributed by atoms with Gasteiger partial charge in [-0.25, -0.2) is 0 Å². The van der Waals surface area contributed by atoms with Crippen molar-refractivity contribution < 1.29 is 24.0 Å². The van der Waals surface area contributed by atoms with E-state index in [1.807, 2.05) is 0 Å². The Bertz CT molecular complexity index is 997. The predicted molar refractivity (Wildman–Crippen MR) is 125 cm³/mol. The Kier molecular flexibility index (Phi) is 9.74. The van der Waals surface area contributed by atoms with Crippen LogP contribution in [0.2, 0.25) is 10.0 Å². The molecule has 0 aliphatic heterocycles. The van der Waals surface area contributed by atoms with Crippen LogP contribution in [0.4, 0.5) is 5.69 Å². The quantitative estimate of drug-likeness (QED) is 0.367. The Morgan fingerprint density at radius 1 is 1.18 bits per heavy atom. The number of methoxy groups -OCH3 is 1. The minimum Gasteiger partial charge on any atom is -0.490 e. The van der Waals surface area contributed by atoms with E-state index in [0.29, 0.717) is 28.6 Å². The van der Waals surface area contributed by atoms with Crippen molar-refractivity contribution in [1.82, 2.24) is 10.2 Å². The number of hydrogen-bond donors (Lipinski definition) is 1. The summed E-state index contributed by atoms with van der Waals surface area (Å²) < 4.78 is 10.6. The van der Waals surface area contributed by atoms with Crippen LogP contribution in [-0.2, 0) is 16.1 Å². The number of hydrogen-bond acceptors (Lipinski definition) is 6. The Hall–Kier alpha value is -3.04. The Balaban J connectivity index is 2.29. The van der Waals surface area contributed by atoms with Crippen molar-refractivity contribution in [2.24, 2.45) is 0 Å². The Morgan fingerprint density at radius 2 is 1.85 bits per heavy atom. The number of halogens is 2. The van der Waals surface area contributed by atoms with Crippen LogP contribution in [-0.4, -0.2) is 47.9 Å². The average molecular weight is 498 g/mol. The number of nitro benzene ring substituents is 1. The van der Waals surface area contributed by atoms with Gasteiger partial charge >= 0.3 is 5.69 Å². The fourth-order valence-corrected chi connectivity index (χ4v) is 3.71. The van der Waals surface area contributed by atoms with Crippen molar-refractivity contribution in [1.29, 1.82) is 0 Å². The lowest BCUT2D eigenvalue weighted by Gasteiger charge is -2.31. The van der Waals surface area contributed by atoms with Gasteiger partial charge in [-0.3, -0.25) is 19.7 Å². The van der Waals surface area contributed by atoms with Crippen LogP contribution in [0.1, 0.15) is 25.8 Å². The second-order valence-electron chi connectivity index (χ2n) is 6.92. The standard InChI is InChI=1S/C22H25Cl2N3O6/c1-4-18(22(29)25-5-2)26(12-15-16(23)7-6-8-17(15)24)21(28)13-33-14-9-10-19(27(30)31)20(11-14)32-3/h6-11,18H,4-5,12-13H2,1-3H3,(H,25,29). The molecule has 11 heteroatoms. The maximum absolute atomic E-state index is 13.2.